The lowest BCUT2D eigenvalue weighted by atomic mass is 9.76. The number of hydrogen-bond donors (Lipinski definition) is 0. The summed E-state index contributed by atoms with van der Waals surface area (Å²) in [4.78, 5) is 15.1. The van der Waals surface area contributed by atoms with Gasteiger partial charge in [-0.2, -0.15) is 0 Å². The Morgan fingerprint density at radius 3 is 2.50 bits per heavy atom. The molecule has 3 aliphatic rings. The second kappa shape index (κ2) is 8.14. The van der Waals surface area contributed by atoms with E-state index in [0.29, 0.717) is 19.3 Å². The van der Waals surface area contributed by atoms with Gasteiger partial charge in [-0.1, -0.05) is 42.5 Å². The molecule has 3 saturated heterocycles. The van der Waals surface area contributed by atoms with Crippen LogP contribution in [0.25, 0.3) is 11.1 Å². The van der Waals surface area contributed by atoms with Crippen LogP contribution in [-0.4, -0.2) is 50.3 Å². The van der Waals surface area contributed by atoms with E-state index in [-0.39, 0.29) is 30.1 Å². The maximum Gasteiger partial charge on any atom is 0.310 e. The predicted molar refractivity (Wildman–Crippen MR) is 114 cm³/mol. The fourth-order valence-corrected chi connectivity index (χ4v) is 5.61. The monoisotopic (exact) mass is 407 g/mol. The third-order valence-corrected chi connectivity index (χ3v) is 7.19. The van der Waals surface area contributed by atoms with Crippen molar-refractivity contribution in [3.05, 3.63) is 59.7 Å². The van der Waals surface area contributed by atoms with Crippen LogP contribution in [0.3, 0.4) is 0 Å². The quantitative estimate of drug-likeness (QED) is 0.713. The van der Waals surface area contributed by atoms with Crippen molar-refractivity contribution in [3.63, 3.8) is 0 Å². The Bertz CT molecular complexity index is 906. The molecule has 30 heavy (non-hydrogen) atoms. The molecule has 2 aromatic rings. The number of benzene rings is 2. The van der Waals surface area contributed by atoms with Crippen LogP contribution in [-0.2, 0) is 19.0 Å². The van der Waals surface area contributed by atoms with Gasteiger partial charge >= 0.3 is 5.97 Å². The lowest BCUT2D eigenvalue weighted by Gasteiger charge is -2.41. The SMILES string of the molecule is COC(=O)C1C(c2ccc(-c3cccc(C4OCCO4)c3)cc2)C[C@H]2CC[C@@H]1N2C. The fraction of sp³-hybridized carbons (Fsp3) is 0.480. The van der Waals surface area contributed by atoms with Crippen molar-refractivity contribution in [2.24, 2.45) is 5.92 Å². The minimum absolute atomic E-state index is 0.0782. The van der Waals surface area contributed by atoms with E-state index in [2.05, 4.69) is 48.3 Å². The number of esters is 1. The van der Waals surface area contributed by atoms with Crippen molar-refractivity contribution in [2.45, 2.75) is 43.6 Å². The normalized spacial score (nSPS) is 29.3. The van der Waals surface area contributed by atoms with Crippen molar-refractivity contribution < 1.29 is 19.0 Å². The van der Waals surface area contributed by atoms with Crippen LogP contribution < -0.4 is 0 Å². The summed E-state index contributed by atoms with van der Waals surface area (Å²) in [6.07, 6.45) is 2.99. The molecular formula is C25H29NO4. The highest BCUT2D eigenvalue weighted by Gasteiger charge is 2.49. The molecule has 2 bridgehead atoms. The van der Waals surface area contributed by atoms with E-state index >= 15 is 0 Å². The molecule has 0 spiro atoms. The van der Waals surface area contributed by atoms with Crippen LogP contribution in [0.1, 0.15) is 42.6 Å². The summed E-state index contributed by atoms with van der Waals surface area (Å²) >= 11 is 0. The number of ether oxygens (including phenoxy) is 3. The van der Waals surface area contributed by atoms with Gasteiger partial charge in [0.1, 0.15) is 0 Å². The second-order valence-electron chi connectivity index (χ2n) is 8.68. The van der Waals surface area contributed by atoms with Crippen molar-refractivity contribution in [3.8, 4) is 11.1 Å². The van der Waals surface area contributed by atoms with Gasteiger partial charge in [-0.15, -0.1) is 0 Å². The molecule has 3 heterocycles. The first kappa shape index (κ1) is 19.7. The average Bonchev–Trinajstić information content (AvgIpc) is 3.40. The first-order chi connectivity index (χ1) is 14.7. The van der Waals surface area contributed by atoms with Crippen molar-refractivity contribution in [2.75, 3.05) is 27.4 Å². The van der Waals surface area contributed by atoms with Gasteiger partial charge in [0, 0.05) is 23.6 Å². The number of carbonyl (C=O) groups is 1. The van der Waals surface area contributed by atoms with Gasteiger partial charge < -0.3 is 14.2 Å². The third kappa shape index (κ3) is 3.45. The van der Waals surface area contributed by atoms with Crippen molar-refractivity contribution in [1.29, 1.82) is 0 Å². The molecule has 2 unspecified atom stereocenters. The highest BCUT2D eigenvalue weighted by molar-refractivity contribution is 5.75. The van der Waals surface area contributed by atoms with Crippen LogP contribution in [0.2, 0.25) is 0 Å². The average molecular weight is 408 g/mol. The standard InChI is InChI=1S/C25H29NO4/c1-26-20-10-11-22(26)23(24(27)28-2)21(15-20)17-8-6-16(7-9-17)18-4-3-5-19(14-18)25-29-12-13-30-25/h3-9,14,20-23,25H,10-13,15H2,1-2H3/t20-,21?,22+,23?/m1/s1. The van der Waals surface area contributed by atoms with Gasteiger partial charge in [-0.3, -0.25) is 9.69 Å². The fourth-order valence-electron chi connectivity index (χ4n) is 5.61. The molecule has 0 N–H and O–H groups in total. The topological polar surface area (TPSA) is 48.0 Å². The van der Waals surface area contributed by atoms with E-state index in [1.807, 2.05) is 12.1 Å². The van der Waals surface area contributed by atoms with Gasteiger partial charge in [-0.05, 0) is 49.1 Å². The Balaban J connectivity index is 1.41. The lowest BCUT2D eigenvalue weighted by molar-refractivity contribution is -0.150. The zero-order valence-corrected chi connectivity index (χ0v) is 17.6. The van der Waals surface area contributed by atoms with Gasteiger partial charge in [0.05, 0.1) is 26.2 Å². The van der Waals surface area contributed by atoms with Gasteiger partial charge in [0.2, 0.25) is 0 Å². The predicted octanol–water partition coefficient (Wildman–Crippen LogP) is 4.14. The summed E-state index contributed by atoms with van der Waals surface area (Å²) < 4.78 is 16.5. The molecule has 5 nitrogen and oxygen atoms in total. The van der Waals surface area contributed by atoms with E-state index in [0.717, 1.165) is 29.5 Å². The number of hydrogen-bond acceptors (Lipinski definition) is 5. The van der Waals surface area contributed by atoms with E-state index < -0.39 is 0 Å². The van der Waals surface area contributed by atoms with Crippen molar-refractivity contribution in [1.82, 2.24) is 4.90 Å². The molecule has 0 saturated carbocycles. The Kier molecular flexibility index (Phi) is 5.35. The first-order valence-electron chi connectivity index (χ1n) is 10.9. The third-order valence-electron chi connectivity index (χ3n) is 7.19. The summed E-state index contributed by atoms with van der Waals surface area (Å²) in [5.74, 6) is 0.0435. The molecule has 0 amide bonds. The molecular weight excluding hydrogens is 378 g/mol. The largest absolute Gasteiger partial charge is 0.469 e. The molecule has 2 aromatic carbocycles. The number of carbonyl (C=O) groups excluding carboxylic acids is 1. The molecule has 0 aromatic heterocycles. The number of piperidine rings is 1. The Morgan fingerprint density at radius 1 is 1.00 bits per heavy atom. The van der Waals surface area contributed by atoms with Gasteiger partial charge in [-0.25, -0.2) is 0 Å². The molecule has 3 fully saturated rings. The zero-order valence-electron chi connectivity index (χ0n) is 17.6. The number of fused-ring (bicyclic) bond motifs is 2. The summed E-state index contributed by atoms with van der Waals surface area (Å²) in [5, 5.41) is 0. The van der Waals surface area contributed by atoms with E-state index in [9.17, 15) is 4.79 Å². The highest BCUT2D eigenvalue weighted by atomic mass is 16.7. The second-order valence-corrected chi connectivity index (χ2v) is 8.68. The molecule has 5 rings (SSSR count). The van der Waals surface area contributed by atoms with Crippen LogP contribution >= 0.6 is 0 Å². The first-order valence-corrected chi connectivity index (χ1v) is 10.9. The van der Waals surface area contributed by atoms with Gasteiger partial charge in [0.15, 0.2) is 6.29 Å². The van der Waals surface area contributed by atoms with Crippen LogP contribution in [0.5, 0.6) is 0 Å². The molecule has 158 valence electrons. The molecule has 0 aliphatic carbocycles. The molecule has 3 aliphatic heterocycles. The summed E-state index contributed by atoms with van der Waals surface area (Å²) in [6, 6.07) is 17.9. The molecule has 0 radical (unpaired) electrons. The van der Waals surface area contributed by atoms with E-state index in [1.54, 1.807) is 0 Å². The number of nitrogens with zero attached hydrogens (tertiary/aromatic N) is 1. The van der Waals surface area contributed by atoms with Crippen LogP contribution in [0, 0.1) is 5.92 Å². The zero-order chi connectivity index (χ0) is 20.7. The maximum atomic E-state index is 12.7. The molecule has 5 heteroatoms. The number of rotatable bonds is 4. The van der Waals surface area contributed by atoms with Crippen LogP contribution in [0.15, 0.2) is 48.5 Å². The lowest BCUT2D eigenvalue weighted by Crippen LogP contribution is -2.49. The summed E-state index contributed by atoms with van der Waals surface area (Å²) in [7, 11) is 3.66. The number of methoxy groups -OCH3 is 1. The van der Waals surface area contributed by atoms with E-state index in [4.69, 9.17) is 14.2 Å². The maximum absolute atomic E-state index is 12.7. The molecule has 4 atom stereocenters. The minimum atomic E-state index is -0.264. The summed E-state index contributed by atoms with van der Waals surface area (Å²) in [6.45, 7) is 1.28. The minimum Gasteiger partial charge on any atom is -0.469 e. The summed E-state index contributed by atoms with van der Waals surface area (Å²) in [5.41, 5.74) is 4.58. The van der Waals surface area contributed by atoms with E-state index in [1.165, 1.54) is 19.1 Å². The Labute approximate surface area is 177 Å². The highest BCUT2D eigenvalue weighted by Crippen LogP contribution is 2.46. The Morgan fingerprint density at radius 2 is 1.77 bits per heavy atom. The Hall–Kier alpha value is -2.21. The van der Waals surface area contributed by atoms with Gasteiger partial charge in [0.25, 0.3) is 0 Å². The van der Waals surface area contributed by atoms with Crippen molar-refractivity contribution >= 4 is 5.97 Å². The smallest absolute Gasteiger partial charge is 0.310 e. The van der Waals surface area contributed by atoms with Crippen LogP contribution in [0.4, 0.5) is 0 Å².